The molecule has 102 valence electrons. The second-order valence-electron chi connectivity index (χ2n) is 4.78. The van der Waals surface area contributed by atoms with Crippen LogP contribution in [0.4, 0.5) is 4.39 Å². The zero-order chi connectivity index (χ0) is 13.5. The number of benzene rings is 1. The van der Waals surface area contributed by atoms with Crippen molar-refractivity contribution in [1.29, 1.82) is 0 Å². The molecule has 0 fully saturated rings. The van der Waals surface area contributed by atoms with Gasteiger partial charge in [0.2, 0.25) is 0 Å². The van der Waals surface area contributed by atoms with Gasteiger partial charge >= 0.3 is 0 Å². The van der Waals surface area contributed by atoms with Gasteiger partial charge in [-0.3, -0.25) is 4.90 Å². The molecule has 1 N–H and O–H groups in total. The topological polar surface area (TPSA) is 23.5 Å². The van der Waals surface area contributed by atoms with Crippen LogP contribution < -0.4 is 0 Å². The maximum Gasteiger partial charge on any atom is 0.123 e. The fourth-order valence-electron chi connectivity index (χ4n) is 2.14. The molecular weight excluding hydrogens is 229 g/mol. The molecule has 0 saturated heterocycles. The molecule has 2 nitrogen and oxygen atoms in total. The third-order valence-corrected chi connectivity index (χ3v) is 3.55. The van der Waals surface area contributed by atoms with E-state index in [1.165, 1.54) is 18.2 Å². The summed E-state index contributed by atoms with van der Waals surface area (Å²) in [5, 5.41) is 9.73. The van der Waals surface area contributed by atoms with E-state index in [0.717, 1.165) is 25.9 Å². The minimum Gasteiger partial charge on any atom is -0.508 e. The SMILES string of the molecule is CCC(CC)CN(CC)Cc1cc(F)ccc1O. The van der Waals surface area contributed by atoms with E-state index in [9.17, 15) is 9.50 Å². The molecule has 0 amide bonds. The molecular formula is C15H24FNO. The molecule has 1 rings (SSSR count). The molecule has 0 saturated carbocycles. The van der Waals surface area contributed by atoms with Gasteiger partial charge in [-0.05, 0) is 30.7 Å². The average molecular weight is 253 g/mol. The first-order valence-electron chi connectivity index (χ1n) is 6.80. The Bertz CT molecular complexity index is 364. The molecule has 0 atom stereocenters. The molecule has 0 aromatic heterocycles. The van der Waals surface area contributed by atoms with E-state index in [-0.39, 0.29) is 11.6 Å². The van der Waals surface area contributed by atoms with Gasteiger partial charge < -0.3 is 5.11 Å². The first-order valence-corrected chi connectivity index (χ1v) is 6.80. The number of hydrogen-bond donors (Lipinski definition) is 1. The molecule has 0 radical (unpaired) electrons. The maximum absolute atomic E-state index is 13.2. The van der Waals surface area contributed by atoms with Crippen molar-refractivity contribution in [3.8, 4) is 5.75 Å². The van der Waals surface area contributed by atoms with Crippen molar-refractivity contribution in [3.63, 3.8) is 0 Å². The summed E-state index contributed by atoms with van der Waals surface area (Å²) in [5.74, 6) is 0.557. The van der Waals surface area contributed by atoms with E-state index in [1.807, 2.05) is 0 Å². The van der Waals surface area contributed by atoms with Crippen LogP contribution >= 0.6 is 0 Å². The third kappa shape index (κ3) is 4.30. The second-order valence-corrected chi connectivity index (χ2v) is 4.78. The lowest BCUT2D eigenvalue weighted by atomic mass is 10.0. The van der Waals surface area contributed by atoms with E-state index < -0.39 is 0 Å². The molecule has 0 spiro atoms. The maximum atomic E-state index is 13.2. The van der Waals surface area contributed by atoms with Crippen LogP contribution in [0.3, 0.4) is 0 Å². The van der Waals surface area contributed by atoms with Crippen molar-refractivity contribution in [2.45, 2.75) is 40.2 Å². The van der Waals surface area contributed by atoms with Crippen molar-refractivity contribution >= 4 is 0 Å². The fraction of sp³-hybridized carbons (Fsp3) is 0.600. The van der Waals surface area contributed by atoms with Gasteiger partial charge in [-0.1, -0.05) is 33.6 Å². The Balaban J connectivity index is 2.70. The number of rotatable bonds is 7. The highest BCUT2D eigenvalue weighted by molar-refractivity contribution is 5.32. The molecule has 3 heteroatoms. The Hall–Kier alpha value is -1.09. The van der Waals surface area contributed by atoms with Gasteiger partial charge in [0.15, 0.2) is 0 Å². The highest BCUT2D eigenvalue weighted by Crippen LogP contribution is 2.21. The van der Waals surface area contributed by atoms with Crippen LogP contribution in [0.15, 0.2) is 18.2 Å². The lowest BCUT2D eigenvalue weighted by Gasteiger charge is -2.25. The largest absolute Gasteiger partial charge is 0.508 e. The molecule has 1 aromatic rings. The summed E-state index contributed by atoms with van der Waals surface area (Å²) in [4.78, 5) is 2.26. The van der Waals surface area contributed by atoms with Gasteiger partial charge in [-0.2, -0.15) is 0 Å². The predicted octanol–water partition coefficient (Wildman–Crippen LogP) is 3.79. The Morgan fingerprint density at radius 2 is 1.89 bits per heavy atom. The Morgan fingerprint density at radius 3 is 2.44 bits per heavy atom. The van der Waals surface area contributed by atoms with Crippen molar-refractivity contribution < 1.29 is 9.50 Å². The average Bonchev–Trinajstić information content (AvgIpc) is 2.38. The molecule has 1 aromatic carbocycles. The van der Waals surface area contributed by atoms with Crippen LogP contribution in [-0.2, 0) is 6.54 Å². The normalized spacial score (nSPS) is 11.4. The first-order chi connectivity index (χ1) is 8.60. The number of aromatic hydroxyl groups is 1. The van der Waals surface area contributed by atoms with Crippen molar-refractivity contribution in [2.75, 3.05) is 13.1 Å². The van der Waals surface area contributed by atoms with Crippen molar-refractivity contribution in [3.05, 3.63) is 29.6 Å². The summed E-state index contributed by atoms with van der Waals surface area (Å²) in [6, 6.07) is 4.14. The van der Waals surface area contributed by atoms with E-state index in [0.29, 0.717) is 18.0 Å². The number of phenolic OH excluding ortho intramolecular Hbond substituents is 1. The Labute approximate surface area is 109 Å². The van der Waals surface area contributed by atoms with Gasteiger partial charge in [-0.25, -0.2) is 4.39 Å². The minimum atomic E-state index is -0.290. The van der Waals surface area contributed by atoms with Crippen molar-refractivity contribution in [1.82, 2.24) is 4.90 Å². The van der Waals surface area contributed by atoms with Crippen LogP contribution in [0.1, 0.15) is 39.2 Å². The highest BCUT2D eigenvalue weighted by atomic mass is 19.1. The van der Waals surface area contributed by atoms with Gasteiger partial charge in [0.25, 0.3) is 0 Å². The van der Waals surface area contributed by atoms with Crippen molar-refractivity contribution in [2.24, 2.45) is 5.92 Å². The molecule has 0 aliphatic carbocycles. The van der Waals surface area contributed by atoms with Crippen LogP contribution in [0.5, 0.6) is 5.75 Å². The van der Waals surface area contributed by atoms with Crippen LogP contribution in [0.25, 0.3) is 0 Å². The van der Waals surface area contributed by atoms with Gasteiger partial charge in [-0.15, -0.1) is 0 Å². The van der Waals surface area contributed by atoms with Gasteiger partial charge in [0, 0.05) is 18.7 Å². The Kier molecular flexibility index (Phi) is 6.13. The summed E-state index contributed by atoms with van der Waals surface area (Å²) >= 11 is 0. The molecule has 18 heavy (non-hydrogen) atoms. The number of phenols is 1. The van der Waals surface area contributed by atoms with Gasteiger partial charge in [0.1, 0.15) is 11.6 Å². The van der Waals surface area contributed by atoms with E-state index in [2.05, 4.69) is 25.7 Å². The van der Waals surface area contributed by atoms with E-state index >= 15 is 0 Å². The first kappa shape index (κ1) is 15.0. The van der Waals surface area contributed by atoms with Crippen LogP contribution in [0.2, 0.25) is 0 Å². The standard InChI is InChI=1S/C15H24FNO/c1-4-12(5-2)10-17(6-3)11-13-9-14(16)7-8-15(13)18/h7-9,12,18H,4-6,10-11H2,1-3H3. The molecule has 0 unspecified atom stereocenters. The summed E-state index contributed by atoms with van der Waals surface area (Å²) in [6.07, 6.45) is 2.31. The summed E-state index contributed by atoms with van der Waals surface area (Å²) in [6.45, 7) is 9.00. The second kappa shape index (κ2) is 7.37. The summed E-state index contributed by atoms with van der Waals surface area (Å²) < 4.78 is 13.2. The fourth-order valence-corrected chi connectivity index (χ4v) is 2.14. The number of hydrogen-bond acceptors (Lipinski definition) is 2. The van der Waals surface area contributed by atoms with E-state index in [1.54, 1.807) is 0 Å². The van der Waals surface area contributed by atoms with Crippen LogP contribution in [-0.4, -0.2) is 23.1 Å². The predicted molar refractivity (Wildman–Crippen MR) is 73.1 cm³/mol. The smallest absolute Gasteiger partial charge is 0.123 e. The molecule has 0 bridgehead atoms. The van der Waals surface area contributed by atoms with Crippen LogP contribution in [0, 0.1) is 11.7 Å². The van der Waals surface area contributed by atoms with E-state index in [4.69, 9.17) is 0 Å². The quantitative estimate of drug-likeness (QED) is 0.799. The zero-order valence-electron chi connectivity index (χ0n) is 11.6. The summed E-state index contributed by atoms with van der Waals surface area (Å²) in [5.41, 5.74) is 0.669. The van der Waals surface area contributed by atoms with Gasteiger partial charge in [0.05, 0.1) is 0 Å². The third-order valence-electron chi connectivity index (χ3n) is 3.55. The Morgan fingerprint density at radius 1 is 1.22 bits per heavy atom. The number of halogens is 1. The zero-order valence-corrected chi connectivity index (χ0v) is 11.6. The highest BCUT2D eigenvalue weighted by Gasteiger charge is 2.12. The molecule has 0 aliphatic heterocycles. The lowest BCUT2D eigenvalue weighted by Crippen LogP contribution is -2.28. The molecule has 0 heterocycles. The summed E-state index contributed by atoms with van der Waals surface area (Å²) in [7, 11) is 0. The number of nitrogens with zero attached hydrogens (tertiary/aromatic N) is 1. The lowest BCUT2D eigenvalue weighted by molar-refractivity contribution is 0.223. The monoisotopic (exact) mass is 253 g/mol. The molecule has 0 aliphatic rings. The minimum absolute atomic E-state index is 0.180.